The fourth-order valence-corrected chi connectivity index (χ4v) is 3.84. The molecule has 0 spiro atoms. The molecule has 0 aliphatic carbocycles. The predicted molar refractivity (Wildman–Crippen MR) is 81.3 cm³/mol. The minimum atomic E-state index is -3.06. The Bertz CT molecular complexity index is 523. The smallest absolute Gasteiger partial charge is 0.154 e. The first-order valence-electron chi connectivity index (χ1n) is 6.77. The van der Waals surface area contributed by atoms with Gasteiger partial charge in [0.1, 0.15) is 0 Å². The van der Waals surface area contributed by atoms with Crippen LogP contribution >= 0.6 is 0 Å². The second-order valence-electron chi connectivity index (χ2n) is 5.25. The molecule has 1 rings (SSSR count). The Morgan fingerprint density at radius 1 is 1.26 bits per heavy atom. The molecule has 0 aliphatic heterocycles. The third-order valence-corrected chi connectivity index (χ3v) is 6.09. The monoisotopic (exact) mass is 283 g/mol. The number of hydrogen-bond acceptors (Lipinski definition) is 3. The van der Waals surface area contributed by atoms with Crippen molar-refractivity contribution in [3.05, 3.63) is 34.9 Å². The van der Waals surface area contributed by atoms with Crippen molar-refractivity contribution in [3.8, 4) is 0 Å². The number of hydrogen-bond donors (Lipinski definition) is 1. The van der Waals surface area contributed by atoms with Crippen molar-refractivity contribution in [2.24, 2.45) is 0 Å². The number of nitrogens with one attached hydrogen (secondary N) is 1. The zero-order valence-corrected chi connectivity index (χ0v) is 13.3. The van der Waals surface area contributed by atoms with Crippen LogP contribution in [0.2, 0.25) is 0 Å². The van der Waals surface area contributed by atoms with Gasteiger partial charge in [0.2, 0.25) is 0 Å². The summed E-state index contributed by atoms with van der Waals surface area (Å²) in [6, 6.07) is 6.01. The molecule has 0 aliphatic rings. The molecule has 0 fully saturated rings. The van der Waals surface area contributed by atoms with Crippen molar-refractivity contribution in [1.82, 2.24) is 5.32 Å². The van der Waals surface area contributed by atoms with E-state index in [0.717, 1.165) is 11.1 Å². The van der Waals surface area contributed by atoms with Crippen molar-refractivity contribution >= 4 is 9.84 Å². The van der Waals surface area contributed by atoms with Crippen LogP contribution in [0.15, 0.2) is 18.2 Å². The van der Waals surface area contributed by atoms with E-state index in [4.69, 9.17) is 0 Å². The average molecular weight is 283 g/mol. The number of benzene rings is 1. The van der Waals surface area contributed by atoms with Crippen LogP contribution in [-0.4, -0.2) is 26.5 Å². The minimum Gasteiger partial charge on any atom is -0.312 e. The molecule has 0 saturated heterocycles. The Hall–Kier alpha value is -0.870. The van der Waals surface area contributed by atoms with Gasteiger partial charge < -0.3 is 5.32 Å². The van der Waals surface area contributed by atoms with Gasteiger partial charge in [-0.05, 0) is 45.4 Å². The molecule has 2 unspecified atom stereocenters. The first-order chi connectivity index (χ1) is 8.81. The maximum absolute atomic E-state index is 12.2. The molecule has 2 atom stereocenters. The highest BCUT2D eigenvalue weighted by Crippen LogP contribution is 2.22. The van der Waals surface area contributed by atoms with Crippen LogP contribution in [0, 0.1) is 13.8 Å². The normalized spacial score (nSPS) is 15.2. The summed E-state index contributed by atoms with van der Waals surface area (Å²) in [5.74, 6) is 0.155. The molecule has 108 valence electrons. The second kappa shape index (κ2) is 6.53. The van der Waals surface area contributed by atoms with E-state index < -0.39 is 9.84 Å². The van der Waals surface area contributed by atoms with Crippen LogP contribution in [0.4, 0.5) is 0 Å². The molecule has 19 heavy (non-hydrogen) atoms. The van der Waals surface area contributed by atoms with Crippen molar-refractivity contribution in [2.45, 2.75) is 45.4 Å². The van der Waals surface area contributed by atoms with E-state index in [2.05, 4.69) is 11.4 Å². The van der Waals surface area contributed by atoms with Gasteiger partial charge in [0.15, 0.2) is 9.84 Å². The molecule has 1 aromatic rings. The molecule has 3 nitrogen and oxygen atoms in total. The van der Waals surface area contributed by atoms with Crippen LogP contribution in [0.3, 0.4) is 0 Å². The van der Waals surface area contributed by atoms with Gasteiger partial charge in [0, 0.05) is 6.04 Å². The van der Waals surface area contributed by atoms with E-state index >= 15 is 0 Å². The summed E-state index contributed by atoms with van der Waals surface area (Å²) in [6.07, 6.45) is 0.658. The topological polar surface area (TPSA) is 46.2 Å². The fraction of sp³-hybridized carbons (Fsp3) is 0.600. The highest BCUT2D eigenvalue weighted by molar-refractivity contribution is 7.92. The van der Waals surface area contributed by atoms with E-state index in [-0.39, 0.29) is 17.0 Å². The van der Waals surface area contributed by atoms with Gasteiger partial charge in [-0.2, -0.15) is 0 Å². The van der Waals surface area contributed by atoms with E-state index in [1.54, 1.807) is 6.92 Å². The first-order valence-corrected chi connectivity index (χ1v) is 8.49. The van der Waals surface area contributed by atoms with Gasteiger partial charge in [-0.15, -0.1) is 0 Å². The van der Waals surface area contributed by atoms with E-state index in [9.17, 15) is 8.42 Å². The summed E-state index contributed by atoms with van der Waals surface area (Å²) in [6.45, 7) is 7.77. The SMILES string of the molecule is CCC(C)S(=O)(=O)CC(NC)c1ccc(C)cc1C. The van der Waals surface area contributed by atoms with Crippen LogP contribution in [0.1, 0.15) is 43.0 Å². The lowest BCUT2D eigenvalue weighted by atomic mass is 10.0. The molecule has 0 saturated carbocycles. The first kappa shape index (κ1) is 16.2. The highest BCUT2D eigenvalue weighted by Gasteiger charge is 2.25. The van der Waals surface area contributed by atoms with Gasteiger partial charge in [0.05, 0.1) is 11.0 Å². The summed E-state index contributed by atoms with van der Waals surface area (Å²) in [4.78, 5) is 0. The Labute approximate surface area is 117 Å². The third-order valence-electron chi connectivity index (χ3n) is 3.74. The summed E-state index contributed by atoms with van der Waals surface area (Å²) >= 11 is 0. The number of aryl methyl sites for hydroxylation is 2. The van der Waals surface area contributed by atoms with E-state index in [0.29, 0.717) is 6.42 Å². The van der Waals surface area contributed by atoms with Crippen molar-refractivity contribution in [3.63, 3.8) is 0 Å². The minimum absolute atomic E-state index is 0.139. The average Bonchev–Trinajstić information content (AvgIpc) is 2.35. The van der Waals surface area contributed by atoms with Crippen molar-refractivity contribution in [2.75, 3.05) is 12.8 Å². The van der Waals surface area contributed by atoms with Crippen molar-refractivity contribution in [1.29, 1.82) is 0 Å². The van der Waals surface area contributed by atoms with E-state index in [1.807, 2.05) is 40.0 Å². The zero-order valence-electron chi connectivity index (χ0n) is 12.5. The van der Waals surface area contributed by atoms with Gasteiger partial charge in [0.25, 0.3) is 0 Å². The maximum Gasteiger partial charge on any atom is 0.154 e. The van der Waals surface area contributed by atoms with Crippen LogP contribution < -0.4 is 5.32 Å². The lowest BCUT2D eigenvalue weighted by molar-refractivity contribution is 0.560. The van der Waals surface area contributed by atoms with Gasteiger partial charge in [-0.25, -0.2) is 8.42 Å². The molecule has 0 aromatic heterocycles. The molecule has 1 N–H and O–H groups in total. The fourth-order valence-electron chi connectivity index (χ4n) is 2.20. The molecule has 1 aromatic carbocycles. The van der Waals surface area contributed by atoms with Crippen LogP contribution in [0.25, 0.3) is 0 Å². The molecule has 0 heterocycles. The Morgan fingerprint density at radius 3 is 2.37 bits per heavy atom. The number of sulfone groups is 1. The summed E-state index contributed by atoms with van der Waals surface area (Å²) in [5.41, 5.74) is 3.40. The standard InChI is InChI=1S/C15H25NO2S/c1-6-13(4)19(17,18)10-15(16-5)14-8-7-11(2)9-12(14)3/h7-9,13,15-16H,6,10H2,1-5H3. The highest BCUT2D eigenvalue weighted by atomic mass is 32.2. The lowest BCUT2D eigenvalue weighted by Gasteiger charge is -2.21. The largest absolute Gasteiger partial charge is 0.312 e. The van der Waals surface area contributed by atoms with Gasteiger partial charge in [-0.1, -0.05) is 30.7 Å². The van der Waals surface area contributed by atoms with Crippen molar-refractivity contribution < 1.29 is 8.42 Å². The molecule has 0 radical (unpaired) electrons. The van der Waals surface area contributed by atoms with Gasteiger partial charge in [-0.3, -0.25) is 0 Å². The lowest BCUT2D eigenvalue weighted by Crippen LogP contribution is -2.30. The van der Waals surface area contributed by atoms with Gasteiger partial charge >= 0.3 is 0 Å². The molecule has 0 amide bonds. The third kappa shape index (κ3) is 4.05. The second-order valence-corrected chi connectivity index (χ2v) is 7.71. The Balaban J connectivity index is 3.02. The summed E-state index contributed by atoms with van der Waals surface area (Å²) in [5, 5.41) is 2.85. The Morgan fingerprint density at radius 2 is 1.89 bits per heavy atom. The van der Waals surface area contributed by atoms with E-state index in [1.165, 1.54) is 5.56 Å². The summed E-state index contributed by atoms with van der Waals surface area (Å²) in [7, 11) is -1.24. The summed E-state index contributed by atoms with van der Waals surface area (Å²) < 4.78 is 24.5. The molecular formula is C15H25NO2S. The molecular weight excluding hydrogens is 258 g/mol. The predicted octanol–water partition coefficient (Wildman–Crippen LogP) is 2.78. The maximum atomic E-state index is 12.2. The van der Waals surface area contributed by atoms with Crippen LogP contribution in [-0.2, 0) is 9.84 Å². The van der Waals surface area contributed by atoms with Crippen LogP contribution in [0.5, 0.6) is 0 Å². The quantitative estimate of drug-likeness (QED) is 0.873. The number of rotatable bonds is 6. The molecule has 4 heteroatoms. The zero-order chi connectivity index (χ0) is 14.6. The molecule has 0 bridgehead atoms. The Kier molecular flexibility index (Phi) is 5.56.